The second kappa shape index (κ2) is 13.0. The molecule has 2 atom stereocenters. The molecule has 0 bridgehead atoms. The van der Waals surface area contributed by atoms with Crippen LogP contribution in [0.1, 0.15) is 67.4 Å². The Hall–Kier alpha value is -3.69. The molecule has 270 valence electrons. The fraction of sp³-hybridized carbons (Fsp3) is 0.452. The molecule has 8 nitrogen and oxygen atoms in total. The van der Waals surface area contributed by atoms with Gasteiger partial charge in [0.2, 0.25) is 17.7 Å². The summed E-state index contributed by atoms with van der Waals surface area (Å²) in [5.74, 6) is 2.32. The molecule has 5 aliphatic rings. The zero-order chi connectivity index (χ0) is 35.9. The normalized spacial score (nSPS) is 22.1. The average molecular weight is 739 g/mol. The predicted molar refractivity (Wildman–Crippen MR) is 205 cm³/mol. The highest BCUT2D eigenvalue weighted by atomic mass is 35.5. The first kappa shape index (κ1) is 34.1. The smallest absolute Gasteiger partial charge is 0.219 e. The van der Waals surface area contributed by atoms with Gasteiger partial charge in [-0.05, 0) is 54.9 Å². The largest absolute Gasteiger partial charge is 0.481 e. The van der Waals surface area contributed by atoms with Crippen LogP contribution in [-0.2, 0) is 17.6 Å². The summed E-state index contributed by atoms with van der Waals surface area (Å²) in [7, 11) is 3.42. The number of fused-ring (bicyclic) bond motifs is 2. The lowest BCUT2D eigenvalue weighted by atomic mass is 9.72. The summed E-state index contributed by atoms with van der Waals surface area (Å²) in [6.07, 6.45) is 5.30. The van der Waals surface area contributed by atoms with Crippen LogP contribution >= 0.6 is 23.2 Å². The molecule has 0 saturated carbocycles. The first-order valence-electron chi connectivity index (χ1n) is 18.7. The number of hydrogen-bond donors (Lipinski definition) is 0. The van der Waals surface area contributed by atoms with Crippen molar-refractivity contribution in [2.24, 2.45) is 11.3 Å². The summed E-state index contributed by atoms with van der Waals surface area (Å²) < 4.78 is 11.9. The fourth-order valence-electron chi connectivity index (χ4n) is 9.70. The molecule has 1 spiro atoms. The molecule has 3 saturated heterocycles. The van der Waals surface area contributed by atoms with E-state index in [1.54, 1.807) is 21.1 Å². The molecule has 2 unspecified atom stereocenters. The molecule has 1 amide bonds. The number of methoxy groups -OCH3 is 2. The van der Waals surface area contributed by atoms with E-state index in [0.717, 1.165) is 105 Å². The number of carbonyl (C=O) groups is 1. The van der Waals surface area contributed by atoms with Crippen molar-refractivity contribution in [2.45, 2.75) is 58.0 Å². The van der Waals surface area contributed by atoms with Gasteiger partial charge in [0.25, 0.3) is 0 Å². The minimum atomic E-state index is 0.170. The summed E-state index contributed by atoms with van der Waals surface area (Å²) in [5.41, 5.74) is 10.2. The topological polar surface area (TPSA) is 71.0 Å². The molecule has 3 fully saturated rings. The zero-order valence-corrected chi connectivity index (χ0v) is 31.9. The van der Waals surface area contributed by atoms with Gasteiger partial charge in [0.05, 0.1) is 35.7 Å². The fourth-order valence-corrected chi connectivity index (χ4v) is 10.4. The number of pyridine rings is 2. The third-order valence-electron chi connectivity index (χ3n) is 12.5. The maximum absolute atomic E-state index is 11.8. The molecule has 2 aromatic carbocycles. The van der Waals surface area contributed by atoms with Gasteiger partial charge in [0.15, 0.2) is 0 Å². The standard InChI is InChI=1S/C42H45Cl2N5O3/c1-5-25-18-47(19-25)34-14-12-26-16-32(45-40(51-3)36(26)34)30-10-6-8-28(38(30)43)29-9-7-11-31(39(29)44)33-17-27-13-15-35(37(27)41(46-33)52-4)49-22-42(23-49)20-48(21-42)24(2)50/h6-11,16-17,25,34-35H,5,12-15,18-23H2,1-4H3. The maximum Gasteiger partial charge on any atom is 0.219 e. The van der Waals surface area contributed by atoms with Crippen molar-refractivity contribution in [1.29, 1.82) is 0 Å². The Morgan fingerprint density at radius 2 is 1.25 bits per heavy atom. The molecule has 9 rings (SSSR count). The van der Waals surface area contributed by atoms with E-state index >= 15 is 0 Å². The molecular formula is C42H45Cl2N5O3. The number of halogens is 2. The highest BCUT2D eigenvalue weighted by Crippen LogP contribution is 2.51. The summed E-state index contributed by atoms with van der Waals surface area (Å²) in [6, 6.07) is 17.1. The van der Waals surface area contributed by atoms with E-state index in [9.17, 15) is 4.79 Å². The lowest BCUT2D eigenvalue weighted by Crippen LogP contribution is -2.72. The maximum atomic E-state index is 11.8. The minimum absolute atomic E-state index is 0.170. The minimum Gasteiger partial charge on any atom is -0.481 e. The van der Waals surface area contributed by atoms with Gasteiger partial charge >= 0.3 is 0 Å². The SMILES string of the molecule is CCC1CN(C2CCc3cc(-c4cccc(-c5cccc(-c6cc7c(c(OC)n6)C(N6CC8(CN(C(C)=O)C8)C6)CC7)c5Cl)c4Cl)nc(OC)c32)C1. The number of nitrogens with zero attached hydrogens (tertiary/aromatic N) is 5. The van der Waals surface area contributed by atoms with E-state index < -0.39 is 0 Å². The van der Waals surface area contributed by atoms with Gasteiger partial charge < -0.3 is 14.4 Å². The van der Waals surface area contributed by atoms with Gasteiger partial charge in [-0.3, -0.25) is 14.6 Å². The molecular weight excluding hydrogens is 693 g/mol. The number of amides is 1. The van der Waals surface area contributed by atoms with E-state index in [2.05, 4.69) is 28.9 Å². The predicted octanol–water partition coefficient (Wildman–Crippen LogP) is 8.28. The van der Waals surface area contributed by atoms with E-state index in [1.165, 1.54) is 28.7 Å². The Bertz CT molecular complexity index is 2080. The Labute approximate surface area is 316 Å². The van der Waals surface area contributed by atoms with Gasteiger partial charge in [0, 0.05) is 97.1 Å². The van der Waals surface area contributed by atoms with Crippen LogP contribution in [0.2, 0.25) is 10.0 Å². The molecule has 2 aromatic heterocycles. The second-order valence-electron chi connectivity index (χ2n) is 15.6. The van der Waals surface area contributed by atoms with Gasteiger partial charge in [-0.2, -0.15) is 0 Å². The van der Waals surface area contributed by atoms with E-state index in [0.29, 0.717) is 27.8 Å². The number of benzene rings is 2. The second-order valence-corrected chi connectivity index (χ2v) is 16.4. The Balaban J connectivity index is 1.00. The van der Waals surface area contributed by atoms with E-state index in [4.69, 9.17) is 42.6 Å². The number of hydrogen-bond acceptors (Lipinski definition) is 7. The van der Waals surface area contributed by atoms with Crippen molar-refractivity contribution >= 4 is 29.1 Å². The van der Waals surface area contributed by atoms with Crippen molar-refractivity contribution < 1.29 is 14.3 Å². The molecule has 4 aromatic rings. The summed E-state index contributed by atoms with van der Waals surface area (Å²) in [5, 5.41) is 1.20. The first-order chi connectivity index (χ1) is 25.2. The van der Waals surface area contributed by atoms with E-state index in [-0.39, 0.29) is 17.4 Å². The quantitative estimate of drug-likeness (QED) is 0.180. The molecule has 3 aliphatic heterocycles. The van der Waals surface area contributed by atoms with Crippen LogP contribution in [0.4, 0.5) is 0 Å². The third-order valence-corrected chi connectivity index (χ3v) is 13.3. The summed E-state index contributed by atoms with van der Waals surface area (Å²) in [6.45, 7) is 9.98. The van der Waals surface area contributed by atoms with Crippen LogP contribution in [0.5, 0.6) is 11.8 Å². The van der Waals surface area contributed by atoms with Crippen LogP contribution in [-0.4, -0.2) is 84.1 Å². The van der Waals surface area contributed by atoms with Gasteiger partial charge in [-0.15, -0.1) is 0 Å². The average Bonchev–Trinajstić information content (AvgIpc) is 3.71. The first-order valence-corrected chi connectivity index (χ1v) is 19.4. The number of likely N-dealkylation sites (tertiary alicyclic amines) is 3. The van der Waals surface area contributed by atoms with Crippen molar-refractivity contribution in [3.8, 4) is 45.4 Å². The Morgan fingerprint density at radius 3 is 1.71 bits per heavy atom. The molecule has 52 heavy (non-hydrogen) atoms. The van der Waals surface area contributed by atoms with E-state index in [1.807, 2.05) is 41.3 Å². The number of aryl methyl sites for hydroxylation is 2. The van der Waals surface area contributed by atoms with Gasteiger partial charge in [-0.1, -0.05) is 72.9 Å². The van der Waals surface area contributed by atoms with Crippen LogP contribution in [0.3, 0.4) is 0 Å². The highest BCUT2D eigenvalue weighted by molar-refractivity contribution is 6.39. The van der Waals surface area contributed by atoms with Crippen LogP contribution in [0, 0.1) is 11.3 Å². The molecule has 5 heterocycles. The zero-order valence-electron chi connectivity index (χ0n) is 30.3. The molecule has 0 radical (unpaired) electrons. The molecule has 0 N–H and O–H groups in total. The number of rotatable bonds is 8. The van der Waals surface area contributed by atoms with Crippen molar-refractivity contribution in [3.05, 3.63) is 80.8 Å². The Kier molecular flexibility index (Phi) is 8.53. The van der Waals surface area contributed by atoms with Crippen molar-refractivity contribution in [1.82, 2.24) is 24.7 Å². The van der Waals surface area contributed by atoms with Crippen LogP contribution in [0.25, 0.3) is 33.6 Å². The monoisotopic (exact) mass is 737 g/mol. The van der Waals surface area contributed by atoms with Gasteiger partial charge in [-0.25, -0.2) is 9.97 Å². The lowest BCUT2D eigenvalue weighted by molar-refractivity contribution is -0.161. The van der Waals surface area contributed by atoms with Crippen molar-refractivity contribution in [3.63, 3.8) is 0 Å². The molecule has 2 aliphatic carbocycles. The molecule has 10 heteroatoms. The number of carbonyl (C=O) groups excluding carboxylic acids is 1. The number of ether oxygens (including phenoxy) is 2. The van der Waals surface area contributed by atoms with Gasteiger partial charge in [0.1, 0.15) is 0 Å². The summed E-state index contributed by atoms with van der Waals surface area (Å²) in [4.78, 5) is 28.9. The van der Waals surface area contributed by atoms with Crippen LogP contribution < -0.4 is 9.47 Å². The summed E-state index contributed by atoms with van der Waals surface area (Å²) >= 11 is 14.6. The van der Waals surface area contributed by atoms with Crippen molar-refractivity contribution in [2.75, 3.05) is 53.5 Å². The highest BCUT2D eigenvalue weighted by Gasteiger charge is 2.55. The lowest BCUT2D eigenvalue weighted by Gasteiger charge is -2.61. The number of aromatic nitrogens is 2. The Morgan fingerprint density at radius 1 is 0.769 bits per heavy atom. The van der Waals surface area contributed by atoms with Crippen LogP contribution in [0.15, 0.2) is 48.5 Å². The third kappa shape index (κ3) is 5.43.